The van der Waals surface area contributed by atoms with E-state index >= 15 is 0 Å². The summed E-state index contributed by atoms with van der Waals surface area (Å²) in [7, 11) is -3.74. The molecule has 2 aromatic rings. The second-order valence-corrected chi connectivity index (χ2v) is 9.77. The number of carbonyl (C=O) groups is 2. The SMILES string of the molecule is C[C@H](OC(=O)c1ccc(NS(=O)(=O)c2ccc(Br)cc2)cc1)C(=O)NC1CCCC1. The summed E-state index contributed by atoms with van der Waals surface area (Å²) in [4.78, 5) is 24.6. The molecule has 1 saturated carbocycles. The van der Waals surface area contributed by atoms with Crippen LogP contribution in [0.3, 0.4) is 0 Å². The zero-order chi connectivity index (χ0) is 21.7. The van der Waals surface area contributed by atoms with Crippen LogP contribution in [0.15, 0.2) is 57.9 Å². The van der Waals surface area contributed by atoms with Gasteiger partial charge in [0.1, 0.15) is 0 Å². The van der Waals surface area contributed by atoms with Crippen molar-refractivity contribution in [2.75, 3.05) is 4.72 Å². The van der Waals surface area contributed by atoms with Crippen LogP contribution in [0, 0.1) is 0 Å². The van der Waals surface area contributed by atoms with Crippen molar-refractivity contribution in [2.24, 2.45) is 0 Å². The van der Waals surface area contributed by atoms with E-state index in [-0.39, 0.29) is 22.4 Å². The van der Waals surface area contributed by atoms with Crippen LogP contribution in [-0.4, -0.2) is 32.4 Å². The van der Waals surface area contributed by atoms with Crippen LogP contribution in [0.25, 0.3) is 0 Å². The summed E-state index contributed by atoms with van der Waals surface area (Å²) in [6.45, 7) is 1.53. The maximum Gasteiger partial charge on any atom is 0.338 e. The van der Waals surface area contributed by atoms with Crippen molar-refractivity contribution in [3.8, 4) is 0 Å². The Kier molecular flexibility index (Phi) is 7.14. The third-order valence-corrected chi connectivity index (χ3v) is 6.78. The standard InChI is InChI=1S/C21H23BrN2O5S/c1-14(20(25)23-17-4-2-3-5-17)29-21(26)15-6-10-18(11-7-15)24-30(27,28)19-12-8-16(22)9-13-19/h6-14,17,24H,2-5H2,1H3,(H,23,25)/t14-/m0/s1. The van der Waals surface area contributed by atoms with Gasteiger partial charge in [-0.3, -0.25) is 9.52 Å². The van der Waals surface area contributed by atoms with E-state index < -0.39 is 22.1 Å². The number of amides is 1. The van der Waals surface area contributed by atoms with Crippen LogP contribution in [0.5, 0.6) is 0 Å². The minimum absolute atomic E-state index is 0.122. The van der Waals surface area contributed by atoms with Crippen molar-refractivity contribution in [3.63, 3.8) is 0 Å². The summed E-state index contributed by atoms with van der Waals surface area (Å²) >= 11 is 3.26. The molecule has 0 unspecified atom stereocenters. The molecule has 0 aliphatic heterocycles. The zero-order valence-corrected chi connectivity index (χ0v) is 18.8. The summed E-state index contributed by atoms with van der Waals surface area (Å²) in [6, 6.07) is 12.2. The molecule has 0 saturated heterocycles. The van der Waals surface area contributed by atoms with Crippen LogP contribution in [-0.2, 0) is 19.6 Å². The van der Waals surface area contributed by atoms with E-state index in [1.165, 1.54) is 43.3 Å². The number of sulfonamides is 1. The summed E-state index contributed by atoms with van der Waals surface area (Å²) in [6.07, 6.45) is 3.18. The molecule has 0 spiro atoms. The fourth-order valence-corrected chi connectivity index (χ4v) is 4.50. The Hall–Kier alpha value is -2.39. The molecule has 1 fully saturated rings. The van der Waals surface area contributed by atoms with Gasteiger partial charge in [-0.15, -0.1) is 0 Å². The molecule has 0 radical (unpaired) electrons. The number of ether oxygens (including phenoxy) is 1. The maximum atomic E-state index is 12.4. The summed E-state index contributed by atoms with van der Waals surface area (Å²) in [5.74, 6) is -0.958. The molecular formula is C21H23BrN2O5S. The van der Waals surface area contributed by atoms with Crippen molar-refractivity contribution < 1.29 is 22.7 Å². The van der Waals surface area contributed by atoms with Gasteiger partial charge in [-0.25, -0.2) is 13.2 Å². The first kappa shape index (κ1) is 22.3. The predicted octanol–water partition coefficient (Wildman–Crippen LogP) is 3.85. The number of anilines is 1. The highest BCUT2D eigenvalue weighted by Gasteiger charge is 2.23. The molecule has 2 N–H and O–H groups in total. The second-order valence-electron chi connectivity index (χ2n) is 7.17. The topological polar surface area (TPSA) is 102 Å². The average molecular weight is 495 g/mol. The summed E-state index contributed by atoms with van der Waals surface area (Å²) in [5.41, 5.74) is 0.531. The third kappa shape index (κ3) is 5.82. The largest absolute Gasteiger partial charge is 0.449 e. The van der Waals surface area contributed by atoms with E-state index in [2.05, 4.69) is 26.0 Å². The highest BCUT2D eigenvalue weighted by atomic mass is 79.9. The van der Waals surface area contributed by atoms with Gasteiger partial charge >= 0.3 is 5.97 Å². The van der Waals surface area contributed by atoms with Crippen LogP contribution in [0.1, 0.15) is 43.0 Å². The van der Waals surface area contributed by atoms with Gasteiger partial charge in [-0.05, 0) is 68.3 Å². The zero-order valence-electron chi connectivity index (χ0n) is 16.4. The third-order valence-electron chi connectivity index (χ3n) is 4.85. The lowest BCUT2D eigenvalue weighted by atomic mass is 10.2. The van der Waals surface area contributed by atoms with E-state index in [1.807, 2.05) is 0 Å². The summed E-state index contributed by atoms with van der Waals surface area (Å²) < 4.78 is 33.3. The molecule has 7 nitrogen and oxygen atoms in total. The van der Waals surface area contributed by atoms with Gasteiger partial charge in [0.25, 0.3) is 15.9 Å². The molecule has 9 heteroatoms. The molecular weight excluding hydrogens is 472 g/mol. The fourth-order valence-electron chi connectivity index (χ4n) is 3.17. The molecule has 0 bridgehead atoms. The van der Waals surface area contributed by atoms with E-state index in [0.717, 1.165) is 30.2 Å². The minimum Gasteiger partial charge on any atom is -0.449 e. The Bertz CT molecular complexity index is 1000. The van der Waals surface area contributed by atoms with E-state index in [9.17, 15) is 18.0 Å². The van der Waals surface area contributed by atoms with Gasteiger partial charge in [0, 0.05) is 16.2 Å². The van der Waals surface area contributed by atoms with Gasteiger partial charge in [-0.1, -0.05) is 28.8 Å². The molecule has 1 atom stereocenters. The van der Waals surface area contributed by atoms with Crippen LogP contribution < -0.4 is 10.0 Å². The first-order valence-electron chi connectivity index (χ1n) is 9.64. The smallest absolute Gasteiger partial charge is 0.338 e. The number of hydrogen-bond donors (Lipinski definition) is 2. The minimum atomic E-state index is -3.74. The van der Waals surface area contributed by atoms with Crippen LogP contribution in [0.2, 0.25) is 0 Å². The number of carbonyl (C=O) groups excluding carboxylic acids is 2. The van der Waals surface area contributed by atoms with Crippen molar-refractivity contribution in [3.05, 3.63) is 58.6 Å². The Morgan fingerprint density at radius 1 is 1.03 bits per heavy atom. The van der Waals surface area contributed by atoms with Gasteiger partial charge in [-0.2, -0.15) is 0 Å². The van der Waals surface area contributed by atoms with E-state index in [4.69, 9.17) is 4.74 Å². The highest BCUT2D eigenvalue weighted by Crippen LogP contribution is 2.20. The lowest BCUT2D eigenvalue weighted by Gasteiger charge is -2.17. The molecule has 0 heterocycles. The molecule has 160 valence electrons. The van der Waals surface area contributed by atoms with Gasteiger partial charge < -0.3 is 10.1 Å². The average Bonchev–Trinajstić information content (AvgIpc) is 3.21. The predicted molar refractivity (Wildman–Crippen MR) is 117 cm³/mol. The monoisotopic (exact) mass is 494 g/mol. The van der Waals surface area contributed by atoms with Gasteiger partial charge in [0.05, 0.1) is 10.5 Å². The molecule has 2 aromatic carbocycles. The Morgan fingerprint density at radius 2 is 1.63 bits per heavy atom. The first-order chi connectivity index (χ1) is 14.2. The lowest BCUT2D eigenvalue weighted by molar-refractivity contribution is -0.129. The van der Waals surface area contributed by atoms with Gasteiger partial charge in [0.2, 0.25) is 0 Å². The van der Waals surface area contributed by atoms with E-state index in [1.54, 1.807) is 12.1 Å². The second kappa shape index (κ2) is 9.61. The van der Waals surface area contributed by atoms with Crippen LogP contribution >= 0.6 is 15.9 Å². The quantitative estimate of drug-likeness (QED) is 0.569. The van der Waals surface area contributed by atoms with Crippen LogP contribution in [0.4, 0.5) is 5.69 Å². The molecule has 1 amide bonds. The summed E-state index contributed by atoms with van der Waals surface area (Å²) in [5, 5.41) is 2.89. The molecule has 3 rings (SSSR count). The van der Waals surface area contributed by atoms with Gasteiger partial charge in [0.15, 0.2) is 6.10 Å². The lowest BCUT2D eigenvalue weighted by Crippen LogP contribution is -2.40. The number of hydrogen-bond acceptors (Lipinski definition) is 5. The molecule has 1 aliphatic rings. The maximum absolute atomic E-state index is 12.4. The number of halogens is 1. The Morgan fingerprint density at radius 3 is 2.23 bits per heavy atom. The normalized spacial score (nSPS) is 15.4. The molecule has 1 aliphatic carbocycles. The highest BCUT2D eigenvalue weighted by molar-refractivity contribution is 9.10. The molecule has 0 aromatic heterocycles. The number of rotatable bonds is 7. The number of esters is 1. The first-order valence-corrected chi connectivity index (χ1v) is 11.9. The number of nitrogens with one attached hydrogen (secondary N) is 2. The molecule has 30 heavy (non-hydrogen) atoms. The Labute approximate surface area is 184 Å². The van der Waals surface area contributed by atoms with Crippen molar-refractivity contribution in [1.82, 2.24) is 5.32 Å². The van der Waals surface area contributed by atoms with Crippen molar-refractivity contribution >= 4 is 43.5 Å². The van der Waals surface area contributed by atoms with E-state index in [0.29, 0.717) is 5.69 Å². The van der Waals surface area contributed by atoms with Crippen molar-refractivity contribution in [2.45, 2.75) is 49.6 Å². The fraction of sp³-hybridized carbons (Fsp3) is 0.333. The number of benzene rings is 2. The Balaban J connectivity index is 1.58. The van der Waals surface area contributed by atoms with Crippen molar-refractivity contribution in [1.29, 1.82) is 0 Å².